The number of carbonyl (C=O) groups excluding carboxylic acids is 1. The van der Waals surface area contributed by atoms with Crippen molar-refractivity contribution in [2.45, 2.75) is 52.2 Å². The van der Waals surface area contributed by atoms with Gasteiger partial charge in [-0.25, -0.2) is 0 Å². The van der Waals surface area contributed by atoms with Crippen LogP contribution in [0.5, 0.6) is 0 Å². The third kappa shape index (κ3) is 4.51. The molecule has 1 unspecified atom stereocenters. The number of nitrogens with zero attached hydrogens (tertiary/aromatic N) is 2. The summed E-state index contributed by atoms with van der Waals surface area (Å²) in [6, 6.07) is 13.0. The zero-order valence-electron chi connectivity index (χ0n) is 15.7. The van der Waals surface area contributed by atoms with Gasteiger partial charge in [0.2, 0.25) is 5.91 Å². The number of rotatable bonds is 7. The fourth-order valence-corrected chi connectivity index (χ4v) is 3.09. The lowest BCUT2D eigenvalue weighted by molar-refractivity contribution is -0.134. The average molecular weight is 340 g/mol. The molecule has 25 heavy (non-hydrogen) atoms. The highest BCUT2D eigenvalue weighted by Crippen LogP contribution is 2.29. The van der Waals surface area contributed by atoms with Crippen molar-refractivity contribution < 1.29 is 9.21 Å². The molecule has 0 N–H and O–H groups in total. The van der Waals surface area contributed by atoms with Crippen LogP contribution < -0.4 is 0 Å². The molecule has 1 heterocycles. The van der Waals surface area contributed by atoms with Gasteiger partial charge in [0.15, 0.2) is 0 Å². The van der Waals surface area contributed by atoms with Gasteiger partial charge >= 0.3 is 0 Å². The van der Waals surface area contributed by atoms with Gasteiger partial charge in [-0.1, -0.05) is 29.8 Å². The second-order valence-corrected chi connectivity index (χ2v) is 7.27. The van der Waals surface area contributed by atoms with Gasteiger partial charge in [0, 0.05) is 12.1 Å². The molecule has 1 aliphatic rings. The SMILES string of the molecule is Cc1ccc(C(C)N(C)CC(=O)N(Cc2ccc(C)o2)C2CC2)cc1. The molecule has 0 saturated heterocycles. The highest BCUT2D eigenvalue weighted by atomic mass is 16.3. The van der Waals surface area contributed by atoms with Crippen LogP contribution in [0, 0.1) is 13.8 Å². The van der Waals surface area contributed by atoms with Gasteiger partial charge in [-0.15, -0.1) is 0 Å². The van der Waals surface area contributed by atoms with Crippen LogP contribution in [0.2, 0.25) is 0 Å². The molecular weight excluding hydrogens is 312 g/mol. The van der Waals surface area contributed by atoms with E-state index in [9.17, 15) is 4.79 Å². The number of likely N-dealkylation sites (N-methyl/N-ethyl adjacent to an activating group) is 1. The molecule has 1 aromatic carbocycles. The highest BCUT2D eigenvalue weighted by Gasteiger charge is 2.33. The molecule has 2 aromatic rings. The van der Waals surface area contributed by atoms with Crippen LogP contribution in [-0.4, -0.2) is 35.3 Å². The molecule has 0 spiro atoms. The summed E-state index contributed by atoms with van der Waals surface area (Å²) in [4.78, 5) is 17.0. The molecular formula is C21H28N2O2. The first-order chi connectivity index (χ1) is 11.9. The molecule has 1 aromatic heterocycles. The second-order valence-electron chi connectivity index (χ2n) is 7.27. The largest absolute Gasteiger partial charge is 0.464 e. The normalized spacial score (nSPS) is 15.4. The van der Waals surface area contributed by atoms with E-state index in [1.165, 1.54) is 11.1 Å². The number of carbonyl (C=O) groups is 1. The van der Waals surface area contributed by atoms with Crippen LogP contribution in [0.3, 0.4) is 0 Å². The van der Waals surface area contributed by atoms with E-state index in [2.05, 4.69) is 43.0 Å². The summed E-state index contributed by atoms with van der Waals surface area (Å²) in [6.07, 6.45) is 2.20. The Hall–Kier alpha value is -2.07. The molecule has 134 valence electrons. The molecule has 1 atom stereocenters. The molecule has 0 aliphatic heterocycles. The van der Waals surface area contributed by atoms with E-state index in [1.807, 2.05) is 31.0 Å². The fourth-order valence-electron chi connectivity index (χ4n) is 3.09. The predicted molar refractivity (Wildman–Crippen MR) is 99.2 cm³/mol. The fraction of sp³-hybridized carbons (Fsp3) is 0.476. The molecule has 1 saturated carbocycles. The van der Waals surface area contributed by atoms with Crippen molar-refractivity contribution >= 4 is 5.91 Å². The van der Waals surface area contributed by atoms with Gasteiger partial charge in [0.1, 0.15) is 11.5 Å². The number of hydrogen-bond acceptors (Lipinski definition) is 3. The lowest BCUT2D eigenvalue weighted by Gasteiger charge is -2.28. The van der Waals surface area contributed by atoms with E-state index in [0.717, 1.165) is 24.4 Å². The number of furan rings is 1. The van der Waals surface area contributed by atoms with Gasteiger partial charge in [-0.2, -0.15) is 0 Å². The van der Waals surface area contributed by atoms with Crippen molar-refractivity contribution in [2.24, 2.45) is 0 Å². The first-order valence-electron chi connectivity index (χ1n) is 9.05. The Morgan fingerprint density at radius 3 is 2.40 bits per heavy atom. The number of benzene rings is 1. The predicted octanol–water partition coefficient (Wildman–Crippen LogP) is 4.08. The number of hydrogen-bond donors (Lipinski definition) is 0. The summed E-state index contributed by atoms with van der Waals surface area (Å²) in [7, 11) is 2.02. The number of amides is 1. The smallest absolute Gasteiger partial charge is 0.237 e. The molecule has 1 aliphatic carbocycles. The Kier molecular flexibility index (Phi) is 5.28. The zero-order chi connectivity index (χ0) is 18.0. The molecule has 4 nitrogen and oxygen atoms in total. The molecule has 1 fully saturated rings. The summed E-state index contributed by atoms with van der Waals surface area (Å²) < 4.78 is 5.67. The van der Waals surface area contributed by atoms with E-state index in [4.69, 9.17) is 4.42 Å². The zero-order valence-corrected chi connectivity index (χ0v) is 15.7. The van der Waals surface area contributed by atoms with Crippen molar-refractivity contribution in [3.63, 3.8) is 0 Å². The first-order valence-corrected chi connectivity index (χ1v) is 9.05. The van der Waals surface area contributed by atoms with Crippen LogP contribution in [0.15, 0.2) is 40.8 Å². The Bertz CT molecular complexity index is 716. The summed E-state index contributed by atoms with van der Waals surface area (Å²) in [5.74, 6) is 1.94. The summed E-state index contributed by atoms with van der Waals surface area (Å²) >= 11 is 0. The maximum absolute atomic E-state index is 12.9. The third-order valence-corrected chi connectivity index (χ3v) is 5.04. The van der Waals surface area contributed by atoms with Crippen molar-refractivity contribution in [3.8, 4) is 0 Å². The van der Waals surface area contributed by atoms with Crippen LogP contribution in [0.1, 0.15) is 48.5 Å². The Morgan fingerprint density at radius 1 is 1.16 bits per heavy atom. The number of aryl methyl sites for hydroxylation is 2. The minimum absolute atomic E-state index is 0.179. The Labute approximate surface area is 150 Å². The summed E-state index contributed by atoms with van der Waals surface area (Å²) in [5.41, 5.74) is 2.49. The Morgan fingerprint density at radius 2 is 1.84 bits per heavy atom. The van der Waals surface area contributed by atoms with E-state index < -0.39 is 0 Å². The maximum Gasteiger partial charge on any atom is 0.237 e. The molecule has 3 rings (SSSR count). The van der Waals surface area contributed by atoms with E-state index in [0.29, 0.717) is 19.1 Å². The minimum atomic E-state index is 0.179. The van der Waals surface area contributed by atoms with Crippen LogP contribution in [0.25, 0.3) is 0 Å². The first kappa shape index (κ1) is 17.7. The molecule has 1 amide bonds. The van der Waals surface area contributed by atoms with Crippen LogP contribution >= 0.6 is 0 Å². The molecule has 4 heteroatoms. The lowest BCUT2D eigenvalue weighted by atomic mass is 10.1. The van der Waals surface area contributed by atoms with Crippen molar-refractivity contribution in [3.05, 3.63) is 59.0 Å². The van der Waals surface area contributed by atoms with E-state index in [-0.39, 0.29) is 11.9 Å². The maximum atomic E-state index is 12.9. The monoisotopic (exact) mass is 340 g/mol. The van der Waals surface area contributed by atoms with Crippen molar-refractivity contribution in [1.29, 1.82) is 0 Å². The van der Waals surface area contributed by atoms with E-state index in [1.54, 1.807) is 0 Å². The topological polar surface area (TPSA) is 36.7 Å². The van der Waals surface area contributed by atoms with Gasteiger partial charge in [0.25, 0.3) is 0 Å². The van der Waals surface area contributed by atoms with Crippen molar-refractivity contribution in [1.82, 2.24) is 9.80 Å². The summed E-state index contributed by atoms with van der Waals surface area (Å²) in [6.45, 7) is 7.17. The van der Waals surface area contributed by atoms with Gasteiger partial charge in [0.05, 0.1) is 13.1 Å². The highest BCUT2D eigenvalue weighted by molar-refractivity contribution is 5.79. The third-order valence-electron chi connectivity index (χ3n) is 5.04. The van der Waals surface area contributed by atoms with Crippen LogP contribution in [-0.2, 0) is 11.3 Å². The quantitative estimate of drug-likeness (QED) is 0.762. The average Bonchev–Trinajstić information content (AvgIpc) is 3.34. The van der Waals surface area contributed by atoms with E-state index >= 15 is 0 Å². The Balaban J connectivity index is 1.63. The van der Waals surface area contributed by atoms with Gasteiger partial charge in [-0.3, -0.25) is 9.69 Å². The standard InChI is InChI=1S/C21H28N2O2/c1-15-5-8-18(9-6-15)17(3)22(4)14-21(24)23(19-10-11-19)13-20-12-7-16(2)25-20/h5-9,12,17,19H,10-11,13-14H2,1-4H3. The van der Waals surface area contributed by atoms with Crippen molar-refractivity contribution in [2.75, 3.05) is 13.6 Å². The summed E-state index contributed by atoms with van der Waals surface area (Å²) in [5, 5.41) is 0. The minimum Gasteiger partial charge on any atom is -0.464 e. The lowest BCUT2D eigenvalue weighted by Crippen LogP contribution is -2.40. The van der Waals surface area contributed by atoms with Gasteiger partial charge < -0.3 is 9.32 Å². The second kappa shape index (κ2) is 7.44. The van der Waals surface area contributed by atoms with Gasteiger partial charge in [-0.05, 0) is 58.4 Å². The molecule has 0 radical (unpaired) electrons. The molecule has 0 bridgehead atoms. The van der Waals surface area contributed by atoms with Crippen LogP contribution in [0.4, 0.5) is 0 Å².